The third kappa shape index (κ3) is 9.39. The van der Waals surface area contributed by atoms with Gasteiger partial charge in [0.2, 0.25) is 0 Å². The van der Waals surface area contributed by atoms with Crippen LogP contribution >= 0.6 is 11.6 Å². The minimum atomic E-state index is -1.21. The van der Waals surface area contributed by atoms with E-state index in [1.807, 2.05) is 0 Å². The number of esters is 2. The number of hydrogen-bond acceptors (Lipinski definition) is 11. The predicted molar refractivity (Wildman–Crippen MR) is 177 cm³/mol. The average Bonchev–Trinajstić information content (AvgIpc) is 3.07. The summed E-state index contributed by atoms with van der Waals surface area (Å²) in [5.41, 5.74) is 5.64. The van der Waals surface area contributed by atoms with Crippen molar-refractivity contribution in [2.75, 3.05) is 26.9 Å². The van der Waals surface area contributed by atoms with Crippen LogP contribution in [0, 0.1) is 0 Å². The van der Waals surface area contributed by atoms with Crippen molar-refractivity contribution in [1.29, 1.82) is 0 Å². The second kappa shape index (κ2) is 17.0. The van der Waals surface area contributed by atoms with E-state index in [4.69, 9.17) is 35.3 Å². The van der Waals surface area contributed by atoms with Crippen LogP contribution in [0.15, 0.2) is 77.0 Å². The van der Waals surface area contributed by atoms with Crippen molar-refractivity contribution in [1.82, 2.24) is 16.1 Å². The van der Waals surface area contributed by atoms with E-state index in [1.165, 1.54) is 13.3 Å². The summed E-state index contributed by atoms with van der Waals surface area (Å²) in [4.78, 5) is 36.5. The summed E-state index contributed by atoms with van der Waals surface area (Å²) in [7, 11) is 1.27. The molecule has 4 N–H and O–H groups in total. The van der Waals surface area contributed by atoms with Gasteiger partial charge in [0.25, 0.3) is 0 Å². The van der Waals surface area contributed by atoms with Gasteiger partial charge in [0.05, 0.1) is 43.7 Å². The number of halogens is 1. The first-order chi connectivity index (χ1) is 23.1. The number of amides is 2. The molecule has 2 amide bonds. The standard InChI is InChI=1S/C34H37ClN4O9/c1-5-45-28-16-23(31-30(33(42)44-4)20(3)37-34(43)38-31)11-13-27(28)48-19-29(40)39-36-17-24-15-25(35)12-14-26(24)47-18-21-7-9-22(10-8-21)32(41)46-6-2/h7-17,29,31,39-40H,5-6,18-19H2,1-4H3,(H2,37,38,43)/b36-17+/t29-,31-/m1/s1. The van der Waals surface area contributed by atoms with E-state index < -0.39 is 24.3 Å². The van der Waals surface area contributed by atoms with Crippen molar-refractivity contribution in [2.45, 2.75) is 39.6 Å². The highest BCUT2D eigenvalue weighted by atomic mass is 35.5. The normalized spacial score (nSPS) is 14.9. The zero-order chi connectivity index (χ0) is 34.6. The molecule has 0 fully saturated rings. The SMILES string of the molecule is CCOC(=O)c1ccc(COc2ccc(Cl)cc2/C=N/N[C@H](O)COc2ccc([C@H]3NC(=O)NC(C)=C3C(=O)OC)cc2OCC)cc1. The molecule has 4 rings (SSSR count). The molecule has 13 nitrogen and oxygen atoms in total. The van der Waals surface area contributed by atoms with Crippen molar-refractivity contribution in [3.05, 3.63) is 99.2 Å². The van der Waals surface area contributed by atoms with Gasteiger partial charge in [0.15, 0.2) is 17.7 Å². The molecular weight excluding hydrogens is 644 g/mol. The maximum Gasteiger partial charge on any atom is 0.338 e. The van der Waals surface area contributed by atoms with Gasteiger partial charge in [-0.1, -0.05) is 29.8 Å². The van der Waals surface area contributed by atoms with Crippen LogP contribution < -0.4 is 30.3 Å². The number of hydrazone groups is 1. The molecule has 0 bridgehead atoms. The minimum Gasteiger partial charge on any atom is -0.490 e. The fourth-order valence-corrected chi connectivity index (χ4v) is 4.86. The van der Waals surface area contributed by atoms with Gasteiger partial charge >= 0.3 is 18.0 Å². The molecule has 3 aromatic carbocycles. The number of nitrogens with one attached hydrogen (secondary N) is 3. The van der Waals surface area contributed by atoms with Gasteiger partial charge in [-0.05, 0) is 74.4 Å². The Labute approximate surface area is 282 Å². The molecule has 0 aliphatic carbocycles. The number of carbonyl (C=O) groups excluding carboxylic acids is 3. The van der Waals surface area contributed by atoms with Gasteiger partial charge < -0.3 is 39.4 Å². The molecule has 0 radical (unpaired) electrons. The molecule has 254 valence electrons. The number of nitrogens with zero attached hydrogens (tertiary/aromatic N) is 1. The lowest BCUT2D eigenvalue weighted by Gasteiger charge is -2.28. The van der Waals surface area contributed by atoms with Crippen molar-refractivity contribution < 1.29 is 43.2 Å². The Bertz CT molecular complexity index is 1680. The first kappa shape index (κ1) is 35.6. The molecule has 1 heterocycles. The highest BCUT2D eigenvalue weighted by Gasteiger charge is 2.32. The maximum atomic E-state index is 12.5. The van der Waals surface area contributed by atoms with Crippen LogP contribution in [0.4, 0.5) is 4.79 Å². The summed E-state index contributed by atoms with van der Waals surface area (Å²) in [6.07, 6.45) is 0.244. The number of allylic oxidation sites excluding steroid dienone is 1. The summed E-state index contributed by atoms with van der Waals surface area (Å²) in [5, 5.41) is 20.4. The van der Waals surface area contributed by atoms with E-state index in [0.717, 1.165) is 5.56 Å². The van der Waals surface area contributed by atoms with Crippen LogP contribution in [0.25, 0.3) is 0 Å². The first-order valence-corrected chi connectivity index (χ1v) is 15.4. The van der Waals surface area contributed by atoms with Crippen molar-refractivity contribution in [3.63, 3.8) is 0 Å². The van der Waals surface area contributed by atoms with Gasteiger partial charge in [-0.3, -0.25) is 5.43 Å². The zero-order valence-electron chi connectivity index (χ0n) is 26.9. The lowest BCUT2D eigenvalue weighted by atomic mass is 9.95. The molecule has 3 aromatic rings. The summed E-state index contributed by atoms with van der Waals surface area (Å²) >= 11 is 6.20. The summed E-state index contributed by atoms with van der Waals surface area (Å²) in [6, 6.07) is 15.7. The highest BCUT2D eigenvalue weighted by Crippen LogP contribution is 2.35. The topological polar surface area (TPSA) is 166 Å². The number of ether oxygens (including phenoxy) is 5. The van der Waals surface area contributed by atoms with Crippen LogP contribution in [0.2, 0.25) is 5.02 Å². The predicted octanol–water partition coefficient (Wildman–Crippen LogP) is 4.62. The molecule has 1 aliphatic rings. The molecule has 0 aromatic heterocycles. The average molecular weight is 681 g/mol. The quantitative estimate of drug-likeness (QED) is 0.0770. The fourth-order valence-electron chi connectivity index (χ4n) is 4.68. The van der Waals surface area contributed by atoms with E-state index in [1.54, 1.807) is 81.4 Å². The van der Waals surface area contributed by atoms with Crippen LogP contribution in [0.3, 0.4) is 0 Å². The third-order valence-corrected chi connectivity index (χ3v) is 7.17. The maximum absolute atomic E-state index is 12.5. The molecule has 1 aliphatic heterocycles. The largest absolute Gasteiger partial charge is 0.490 e. The third-order valence-electron chi connectivity index (χ3n) is 6.93. The van der Waals surface area contributed by atoms with E-state index >= 15 is 0 Å². The van der Waals surface area contributed by atoms with Crippen molar-refractivity contribution in [2.24, 2.45) is 5.10 Å². The van der Waals surface area contributed by atoms with Crippen LogP contribution in [0.5, 0.6) is 17.2 Å². The van der Waals surface area contributed by atoms with Crippen LogP contribution in [-0.4, -0.2) is 62.4 Å². The monoisotopic (exact) mass is 680 g/mol. The van der Waals surface area contributed by atoms with Crippen molar-refractivity contribution >= 4 is 35.8 Å². The van der Waals surface area contributed by atoms with Crippen LogP contribution in [0.1, 0.15) is 53.9 Å². The second-order valence-corrected chi connectivity index (χ2v) is 10.7. The molecular formula is C34H37ClN4O9. The summed E-state index contributed by atoms with van der Waals surface area (Å²) in [5.74, 6) is 0.193. The Kier molecular flexibility index (Phi) is 12.6. The molecule has 0 saturated heterocycles. The summed E-state index contributed by atoms with van der Waals surface area (Å²) in [6.45, 7) is 5.80. The van der Waals surface area contributed by atoms with Gasteiger partial charge in [-0.2, -0.15) is 5.10 Å². The Balaban J connectivity index is 1.38. The smallest absolute Gasteiger partial charge is 0.338 e. The minimum absolute atomic E-state index is 0.200. The Morgan fingerprint density at radius 1 is 0.979 bits per heavy atom. The molecule has 48 heavy (non-hydrogen) atoms. The van der Waals surface area contributed by atoms with E-state index in [0.29, 0.717) is 57.9 Å². The zero-order valence-corrected chi connectivity index (χ0v) is 27.6. The van der Waals surface area contributed by atoms with Gasteiger partial charge in [-0.25, -0.2) is 14.4 Å². The summed E-state index contributed by atoms with van der Waals surface area (Å²) < 4.78 is 27.5. The Morgan fingerprint density at radius 2 is 1.73 bits per heavy atom. The lowest BCUT2D eigenvalue weighted by molar-refractivity contribution is -0.136. The number of benzene rings is 3. The van der Waals surface area contributed by atoms with E-state index in [9.17, 15) is 19.5 Å². The van der Waals surface area contributed by atoms with E-state index in [2.05, 4.69) is 21.2 Å². The molecule has 0 unspecified atom stereocenters. The van der Waals surface area contributed by atoms with Gasteiger partial charge in [-0.15, -0.1) is 0 Å². The Morgan fingerprint density at radius 3 is 2.44 bits per heavy atom. The number of aliphatic hydroxyl groups is 1. The number of rotatable bonds is 15. The second-order valence-electron chi connectivity index (χ2n) is 10.3. The number of aliphatic hydroxyl groups excluding tert-OH is 1. The van der Waals surface area contributed by atoms with Gasteiger partial charge in [0.1, 0.15) is 19.0 Å². The first-order valence-electron chi connectivity index (χ1n) is 15.0. The molecule has 14 heteroatoms. The molecule has 2 atom stereocenters. The van der Waals surface area contributed by atoms with Crippen LogP contribution in [-0.2, 0) is 20.9 Å². The fraction of sp³-hybridized carbons (Fsp3) is 0.294. The number of hydrogen-bond donors (Lipinski definition) is 4. The van der Waals surface area contributed by atoms with Crippen molar-refractivity contribution in [3.8, 4) is 17.2 Å². The van der Waals surface area contributed by atoms with E-state index in [-0.39, 0.29) is 24.8 Å². The Hall–Kier alpha value is -5.27. The number of urea groups is 1. The number of methoxy groups -OCH3 is 1. The van der Waals surface area contributed by atoms with Gasteiger partial charge in [0, 0.05) is 16.3 Å². The molecule has 0 saturated carbocycles. The lowest BCUT2D eigenvalue weighted by Crippen LogP contribution is -2.45. The molecule has 0 spiro atoms. The number of carbonyl (C=O) groups is 3. The highest BCUT2D eigenvalue weighted by molar-refractivity contribution is 6.30.